The molecule has 0 aliphatic carbocycles. The number of benzene rings is 1. The van der Waals surface area contributed by atoms with E-state index in [0.717, 1.165) is 18.2 Å². The molecule has 0 fully saturated rings. The number of halogens is 1. The van der Waals surface area contributed by atoms with Crippen molar-refractivity contribution in [2.45, 2.75) is 0 Å². The van der Waals surface area contributed by atoms with Gasteiger partial charge in [-0.2, -0.15) is 5.26 Å². The molecule has 4 N–H and O–H groups in total. The van der Waals surface area contributed by atoms with E-state index >= 15 is 0 Å². The molecule has 0 aliphatic heterocycles. The molecule has 0 aromatic heterocycles. The van der Waals surface area contributed by atoms with E-state index in [-0.39, 0.29) is 20.6 Å². The van der Waals surface area contributed by atoms with Crippen LogP contribution in [0.4, 0.5) is 10.5 Å². The van der Waals surface area contributed by atoms with Crippen LogP contribution in [0.2, 0.25) is 0 Å². The van der Waals surface area contributed by atoms with Crippen molar-refractivity contribution in [1.82, 2.24) is 5.32 Å². The quantitative estimate of drug-likeness (QED) is 0.225. The third-order valence-corrected chi connectivity index (χ3v) is 3.01. The average Bonchev–Trinajstić information content (AvgIpc) is 2.38. The predicted octanol–water partition coefficient (Wildman–Crippen LogP) is 1.01. The van der Waals surface area contributed by atoms with E-state index in [1.807, 2.05) is 0 Å². The Kier molecular flexibility index (Phi) is 5.19. The number of aromatic hydroxyl groups is 1. The van der Waals surface area contributed by atoms with Gasteiger partial charge in [0.25, 0.3) is 11.6 Å². The normalized spacial score (nSPS) is 10.6. The molecule has 0 spiro atoms. The molecule has 108 valence electrons. The number of carbonyl (C=O) groups excluding carboxylic acids is 2. The van der Waals surface area contributed by atoms with Crippen molar-refractivity contribution in [3.8, 4) is 11.8 Å². The lowest BCUT2D eigenvalue weighted by molar-refractivity contribution is -0.385. The van der Waals surface area contributed by atoms with Crippen LogP contribution in [-0.4, -0.2) is 22.0 Å². The molecule has 0 aliphatic rings. The molecule has 3 amide bonds. The zero-order valence-electron chi connectivity index (χ0n) is 10.2. The van der Waals surface area contributed by atoms with Crippen molar-refractivity contribution >= 4 is 46.3 Å². The number of nitro benzene ring substituents is 1. The number of non-ortho nitro benzene ring substituents is 1. The first-order chi connectivity index (χ1) is 9.76. The summed E-state index contributed by atoms with van der Waals surface area (Å²) in [6.07, 6.45) is 0.919. The molecule has 9 nitrogen and oxygen atoms in total. The second-order valence-corrected chi connectivity index (χ2v) is 4.77. The highest BCUT2D eigenvalue weighted by molar-refractivity contribution is 14.1. The summed E-state index contributed by atoms with van der Waals surface area (Å²) >= 11 is 1.66. The largest absolute Gasteiger partial charge is 0.506 e. The third kappa shape index (κ3) is 4.14. The molecule has 0 saturated carbocycles. The van der Waals surface area contributed by atoms with Gasteiger partial charge in [-0.3, -0.25) is 20.2 Å². The van der Waals surface area contributed by atoms with Crippen molar-refractivity contribution < 1.29 is 19.6 Å². The van der Waals surface area contributed by atoms with Crippen molar-refractivity contribution in [3.63, 3.8) is 0 Å². The number of hydrogen-bond acceptors (Lipinski definition) is 6. The Balaban J connectivity index is 3.35. The van der Waals surface area contributed by atoms with Crippen LogP contribution in [0.5, 0.6) is 5.75 Å². The van der Waals surface area contributed by atoms with Crippen LogP contribution in [0.15, 0.2) is 17.7 Å². The maximum Gasteiger partial charge on any atom is 0.319 e. The number of phenolic OH excluding ortho intramolecular Hbond substituents is 1. The highest BCUT2D eigenvalue weighted by atomic mass is 127. The van der Waals surface area contributed by atoms with Gasteiger partial charge in [0, 0.05) is 17.7 Å². The minimum absolute atomic E-state index is 0.107. The Hall–Kier alpha value is -2.68. The fourth-order valence-electron chi connectivity index (χ4n) is 1.30. The lowest BCUT2D eigenvalue weighted by Gasteiger charge is -2.04. The molecular formula is C11H7IN4O5. The fraction of sp³-hybridized carbons (Fsp3) is 0. The van der Waals surface area contributed by atoms with Gasteiger partial charge in [-0.15, -0.1) is 0 Å². The summed E-state index contributed by atoms with van der Waals surface area (Å²) in [7, 11) is 0. The van der Waals surface area contributed by atoms with Gasteiger partial charge in [-0.25, -0.2) is 4.79 Å². The number of amides is 3. The topological polar surface area (TPSA) is 159 Å². The number of nitriles is 1. The van der Waals surface area contributed by atoms with Gasteiger partial charge in [0.15, 0.2) is 0 Å². The number of nitrogens with zero attached hydrogens (tertiary/aromatic N) is 2. The molecule has 10 heteroatoms. The van der Waals surface area contributed by atoms with E-state index in [1.54, 1.807) is 27.9 Å². The molecule has 1 rings (SSSR count). The minimum atomic E-state index is -1.15. The lowest BCUT2D eigenvalue weighted by Crippen LogP contribution is -2.35. The fourth-order valence-corrected chi connectivity index (χ4v) is 1.93. The standard InChI is InChI=1S/C11H7IN4O5/c12-8-3-7(16(20)21)2-5(9(8)17)1-6(4-13)10(18)15-11(14)19/h1-3,17H,(H3,14,15,18,19)/b6-1-. The number of rotatable bonds is 3. The second kappa shape index (κ2) is 6.66. The summed E-state index contributed by atoms with van der Waals surface area (Å²) < 4.78 is 0.167. The van der Waals surface area contributed by atoms with Crippen molar-refractivity contribution in [2.24, 2.45) is 5.73 Å². The van der Waals surface area contributed by atoms with Crippen LogP contribution in [0.1, 0.15) is 5.56 Å². The SMILES string of the molecule is N#C/C(=C/c1cc([N+](=O)[O-])cc(I)c1O)C(=O)NC(N)=O. The number of nitrogens with two attached hydrogens (primary N) is 1. The number of nitrogens with one attached hydrogen (secondary N) is 1. The van der Waals surface area contributed by atoms with E-state index < -0.39 is 22.4 Å². The van der Waals surface area contributed by atoms with E-state index in [0.29, 0.717) is 0 Å². The van der Waals surface area contributed by atoms with Gasteiger partial charge in [0.2, 0.25) is 0 Å². The molecule has 1 aromatic rings. The maximum absolute atomic E-state index is 11.5. The minimum Gasteiger partial charge on any atom is -0.506 e. The van der Waals surface area contributed by atoms with E-state index in [1.165, 1.54) is 6.07 Å². The number of carbonyl (C=O) groups is 2. The first kappa shape index (κ1) is 16.4. The van der Waals surface area contributed by atoms with Gasteiger partial charge in [0.1, 0.15) is 17.4 Å². The van der Waals surface area contributed by atoms with Crippen LogP contribution < -0.4 is 11.1 Å². The van der Waals surface area contributed by atoms with Crippen LogP contribution in [0.25, 0.3) is 6.08 Å². The lowest BCUT2D eigenvalue weighted by atomic mass is 10.1. The smallest absolute Gasteiger partial charge is 0.319 e. The second-order valence-electron chi connectivity index (χ2n) is 3.61. The first-order valence-corrected chi connectivity index (χ1v) is 6.23. The van der Waals surface area contributed by atoms with Gasteiger partial charge < -0.3 is 10.8 Å². The van der Waals surface area contributed by atoms with Crippen molar-refractivity contribution in [1.29, 1.82) is 5.26 Å². The van der Waals surface area contributed by atoms with Gasteiger partial charge in [-0.1, -0.05) is 0 Å². The molecule has 0 saturated heterocycles. The van der Waals surface area contributed by atoms with Crippen LogP contribution in [0, 0.1) is 25.0 Å². The Labute approximate surface area is 131 Å². The number of phenols is 1. The summed E-state index contributed by atoms with van der Waals surface area (Å²) in [5, 5.41) is 31.1. The summed E-state index contributed by atoms with van der Waals surface area (Å²) in [5.41, 5.74) is 3.78. The molecule has 1 aromatic carbocycles. The Morgan fingerprint density at radius 2 is 2.14 bits per heavy atom. The summed E-state index contributed by atoms with van der Waals surface area (Å²) in [6.45, 7) is 0. The van der Waals surface area contributed by atoms with Crippen molar-refractivity contribution in [2.75, 3.05) is 0 Å². The first-order valence-electron chi connectivity index (χ1n) is 5.15. The van der Waals surface area contributed by atoms with Crippen LogP contribution in [-0.2, 0) is 4.79 Å². The highest BCUT2D eigenvalue weighted by Crippen LogP contribution is 2.31. The van der Waals surface area contributed by atoms with Gasteiger partial charge >= 0.3 is 6.03 Å². The third-order valence-electron chi connectivity index (χ3n) is 2.19. The van der Waals surface area contributed by atoms with Crippen LogP contribution >= 0.6 is 22.6 Å². The van der Waals surface area contributed by atoms with Gasteiger partial charge in [-0.05, 0) is 28.7 Å². The van der Waals surface area contributed by atoms with E-state index in [9.17, 15) is 24.8 Å². The molecule has 0 unspecified atom stereocenters. The molecule has 21 heavy (non-hydrogen) atoms. The van der Waals surface area contributed by atoms with Crippen LogP contribution in [0.3, 0.4) is 0 Å². The number of imide groups is 1. The number of hydrogen-bond donors (Lipinski definition) is 3. The Morgan fingerprint density at radius 1 is 1.52 bits per heavy atom. The number of urea groups is 1. The monoisotopic (exact) mass is 402 g/mol. The highest BCUT2D eigenvalue weighted by Gasteiger charge is 2.16. The Bertz CT molecular complexity index is 707. The van der Waals surface area contributed by atoms with E-state index in [4.69, 9.17) is 11.0 Å². The molecule has 0 bridgehead atoms. The summed E-state index contributed by atoms with van der Waals surface area (Å²) in [4.78, 5) is 32.1. The zero-order valence-corrected chi connectivity index (χ0v) is 12.3. The maximum atomic E-state index is 11.5. The van der Waals surface area contributed by atoms with E-state index in [2.05, 4.69) is 0 Å². The molecular weight excluding hydrogens is 395 g/mol. The van der Waals surface area contributed by atoms with Crippen molar-refractivity contribution in [3.05, 3.63) is 37.0 Å². The summed E-state index contributed by atoms with van der Waals surface area (Å²) in [6, 6.07) is 2.48. The average molecular weight is 402 g/mol. The molecule has 0 radical (unpaired) electrons. The molecule has 0 atom stereocenters. The van der Waals surface area contributed by atoms with Gasteiger partial charge in [0.05, 0.1) is 8.49 Å². The molecule has 0 heterocycles. The summed E-state index contributed by atoms with van der Waals surface area (Å²) in [5.74, 6) is -1.41. The zero-order chi connectivity index (χ0) is 16.2. The Morgan fingerprint density at radius 3 is 2.62 bits per heavy atom. The number of primary amides is 1. The predicted molar refractivity (Wildman–Crippen MR) is 78.8 cm³/mol. The number of nitro groups is 1.